The van der Waals surface area contributed by atoms with Gasteiger partial charge >= 0.3 is 0 Å². The third-order valence-corrected chi connectivity index (χ3v) is 3.91. The van der Waals surface area contributed by atoms with E-state index >= 15 is 0 Å². The van der Waals surface area contributed by atoms with E-state index in [0.717, 1.165) is 25.2 Å². The zero-order valence-corrected chi connectivity index (χ0v) is 13.6. The fourth-order valence-electron chi connectivity index (χ4n) is 2.42. The third-order valence-electron chi connectivity index (χ3n) is 3.91. The number of hydrogen-bond acceptors (Lipinski definition) is 4. The highest BCUT2D eigenvalue weighted by Gasteiger charge is 2.25. The maximum absolute atomic E-state index is 12.2. The molecule has 1 aliphatic rings. The Labute approximate surface area is 136 Å². The second-order valence-electron chi connectivity index (χ2n) is 6.22. The Balaban J connectivity index is 1.80. The first kappa shape index (κ1) is 15.5. The van der Waals surface area contributed by atoms with E-state index in [1.807, 2.05) is 18.2 Å². The summed E-state index contributed by atoms with van der Waals surface area (Å²) < 4.78 is 0. The minimum atomic E-state index is -0.112. The van der Waals surface area contributed by atoms with Crippen LogP contribution in [0.3, 0.4) is 0 Å². The van der Waals surface area contributed by atoms with Crippen molar-refractivity contribution in [1.82, 2.24) is 15.3 Å². The highest BCUT2D eigenvalue weighted by atomic mass is 16.2. The molecule has 1 fully saturated rings. The van der Waals surface area contributed by atoms with Gasteiger partial charge in [0.25, 0.3) is 5.91 Å². The first-order valence-electron chi connectivity index (χ1n) is 8.07. The number of hydrogen-bond donors (Lipinski definition) is 1. The standard InChI is InChI=1S/C18H22N4O/c1-13(2)22(11-14-6-4-3-5-7-14)17-10-16(19-12-20-17)18(23)21-15-8-9-15/h3-7,10,12-13,15H,8-9,11H2,1-2H3,(H,21,23). The van der Waals surface area contributed by atoms with Gasteiger partial charge in [-0.05, 0) is 32.3 Å². The predicted molar refractivity (Wildman–Crippen MR) is 90.3 cm³/mol. The molecule has 0 unspecified atom stereocenters. The quantitative estimate of drug-likeness (QED) is 0.891. The summed E-state index contributed by atoms with van der Waals surface area (Å²) in [5.41, 5.74) is 1.64. The fraction of sp³-hybridized carbons (Fsp3) is 0.389. The number of anilines is 1. The van der Waals surface area contributed by atoms with Crippen molar-refractivity contribution in [3.05, 3.63) is 54.0 Å². The maximum atomic E-state index is 12.2. The summed E-state index contributed by atoms with van der Waals surface area (Å²) >= 11 is 0. The van der Waals surface area contributed by atoms with Gasteiger partial charge in [0.15, 0.2) is 0 Å². The van der Waals surface area contributed by atoms with Crippen LogP contribution in [0.1, 0.15) is 42.7 Å². The topological polar surface area (TPSA) is 58.1 Å². The summed E-state index contributed by atoms with van der Waals surface area (Å²) in [5, 5.41) is 2.97. The Morgan fingerprint density at radius 2 is 2.00 bits per heavy atom. The van der Waals surface area contributed by atoms with Crippen molar-refractivity contribution in [2.75, 3.05) is 4.90 Å². The summed E-state index contributed by atoms with van der Waals surface area (Å²) in [5.74, 6) is 0.666. The molecule has 2 aromatic rings. The van der Waals surface area contributed by atoms with Crippen LogP contribution in [0, 0.1) is 0 Å². The second-order valence-corrected chi connectivity index (χ2v) is 6.22. The van der Waals surface area contributed by atoms with Gasteiger partial charge in [-0.3, -0.25) is 4.79 Å². The van der Waals surface area contributed by atoms with Gasteiger partial charge < -0.3 is 10.2 Å². The third kappa shape index (κ3) is 4.06. The molecule has 1 N–H and O–H groups in total. The van der Waals surface area contributed by atoms with Crippen LogP contribution in [0.4, 0.5) is 5.82 Å². The Hall–Kier alpha value is -2.43. The summed E-state index contributed by atoms with van der Waals surface area (Å²) in [7, 11) is 0. The number of nitrogens with zero attached hydrogens (tertiary/aromatic N) is 3. The molecule has 0 radical (unpaired) electrons. The number of carbonyl (C=O) groups excluding carboxylic acids is 1. The molecule has 5 nitrogen and oxygen atoms in total. The second kappa shape index (κ2) is 6.77. The minimum Gasteiger partial charge on any atom is -0.350 e. The van der Waals surface area contributed by atoms with E-state index in [-0.39, 0.29) is 11.9 Å². The number of nitrogens with one attached hydrogen (secondary N) is 1. The molecule has 23 heavy (non-hydrogen) atoms. The molecule has 1 saturated carbocycles. The fourth-order valence-corrected chi connectivity index (χ4v) is 2.42. The lowest BCUT2D eigenvalue weighted by Gasteiger charge is -2.28. The maximum Gasteiger partial charge on any atom is 0.270 e. The van der Waals surface area contributed by atoms with Gasteiger partial charge in [-0.25, -0.2) is 9.97 Å². The van der Waals surface area contributed by atoms with Crippen LogP contribution in [0.15, 0.2) is 42.7 Å². The van der Waals surface area contributed by atoms with Gasteiger partial charge in [-0.2, -0.15) is 0 Å². The number of aromatic nitrogens is 2. The van der Waals surface area contributed by atoms with Crippen molar-refractivity contribution in [1.29, 1.82) is 0 Å². The van der Waals surface area contributed by atoms with E-state index in [9.17, 15) is 4.79 Å². The number of benzene rings is 1. The van der Waals surface area contributed by atoms with Gasteiger partial charge in [0.1, 0.15) is 17.8 Å². The highest BCUT2D eigenvalue weighted by Crippen LogP contribution is 2.21. The summed E-state index contributed by atoms with van der Waals surface area (Å²) in [4.78, 5) is 22.8. The van der Waals surface area contributed by atoms with Crippen LogP contribution in [-0.2, 0) is 6.54 Å². The van der Waals surface area contributed by atoms with E-state index < -0.39 is 0 Å². The van der Waals surface area contributed by atoms with E-state index in [2.05, 4.69) is 46.2 Å². The Morgan fingerprint density at radius 1 is 1.26 bits per heavy atom. The number of amides is 1. The van der Waals surface area contributed by atoms with E-state index in [0.29, 0.717) is 11.7 Å². The first-order chi connectivity index (χ1) is 11.1. The van der Waals surface area contributed by atoms with Gasteiger partial charge in [-0.15, -0.1) is 0 Å². The number of carbonyl (C=O) groups is 1. The largest absolute Gasteiger partial charge is 0.350 e. The van der Waals surface area contributed by atoms with Gasteiger partial charge in [0, 0.05) is 24.7 Å². The molecule has 0 bridgehead atoms. The smallest absolute Gasteiger partial charge is 0.270 e. The zero-order valence-electron chi connectivity index (χ0n) is 13.6. The monoisotopic (exact) mass is 310 g/mol. The molecule has 120 valence electrons. The van der Waals surface area contributed by atoms with Crippen molar-refractivity contribution in [3.63, 3.8) is 0 Å². The van der Waals surface area contributed by atoms with Gasteiger partial charge in [-0.1, -0.05) is 30.3 Å². The summed E-state index contributed by atoms with van der Waals surface area (Å²) in [6.45, 7) is 4.99. The zero-order chi connectivity index (χ0) is 16.2. The van der Waals surface area contributed by atoms with Crippen LogP contribution in [0.2, 0.25) is 0 Å². The molecule has 1 heterocycles. The molecular formula is C18H22N4O. The average Bonchev–Trinajstić information content (AvgIpc) is 3.37. The molecule has 0 aliphatic heterocycles. The van der Waals surface area contributed by atoms with Crippen LogP contribution in [-0.4, -0.2) is 28.0 Å². The molecule has 1 aliphatic carbocycles. The van der Waals surface area contributed by atoms with Gasteiger partial charge in [0.05, 0.1) is 0 Å². The SMILES string of the molecule is CC(C)N(Cc1ccccc1)c1cc(C(=O)NC2CC2)ncn1. The van der Waals surface area contributed by atoms with Crippen LogP contribution in [0.25, 0.3) is 0 Å². The molecular weight excluding hydrogens is 288 g/mol. The summed E-state index contributed by atoms with van der Waals surface area (Å²) in [6, 6.07) is 12.6. The lowest BCUT2D eigenvalue weighted by Crippen LogP contribution is -2.32. The Morgan fingerprint density at radius 3 is 2.65 bits per heavy atom. The average molecular weight is 310 g/mol. The van der Waals surface area contributed by atoms with Crippen LogP contribution < -0.4 is 10.2 Å². The van der Waals surface area contributed by atoms with Crippen molar-refractivity contribution < 1.29 is 4.79 Å². The molecule has 1 aromatic carbocycles. The lowest BCUT2D eigenvalue weighted by atomic mass is 10.2. The molecule has 1 aromatic heterocycles. The lowest BCUT2D eigenvalue weighted by molar-refractivity contribution is 0.0946. The Bertz CT molecular complexity index is 668. The van der Waals surface area contributed by atoms with Crippen molar-refractivity contribution >= 4 is 11.7 Å². The van der Waals surface area contributed by atoms with E-state index in [1.54, 1.807) is 6.07 Å². The van der Waals surface area contributed by atoms with E-state index in [4.69, 9.17) is 0 Å². The van der Waals surface area contributed by atoms with Crippen molar-refractivity contribution in [2.45, 2.75) is 45.3 Å². The van der Waals surface area contributed by atoms with Gasteiger partial charge in [0.2, 0.25) is 0 Å². The first-order valence-corrected chi connectivity index (χ1v) is 8.07. The molecule has 0 saturated heterocycles. The Kier molecular flexibility index (Phi) is 4.55. The summed E-state index contributed by atoms with van der Waals surface area (Å²) in [6.07, 6.45) is 3.60. The van der Waals surface area contributed by atoms with Crippen LogP contribution in [0.5, 0.6) is 0 Å². The van der Waals surface area contributed by atoms with E-state index in [1.165, 1.54) is 11.9 Å². The number of rotatable bonds is 6. The normalized spacial score (nSPS) is 13.9. The van der Waals surface area contributed by atoms with Crippen molar-refractivity contribution in [3.8, 4) is 0 Å². The molecule has 0 atom stereocenters. The predicted octanol–water partition coefficient (Wildman–Crippen LogP) is 2.78. The van der Waals surface area contributed by atoms with Crippen LogP contribution >= 0.6 is 0 Å². The minimum absolute atomic E-state index is 0.112. The van der Waals surface area contributed by atoms with Crippen molar-refractivity contribution in [2.24, 2.45) is 0 Å². The molecule has 0 spiro atoms. The molecule has 5 heteroatoms. The highest BCUT2D eigenvalue weighted by molar-refractivity contribution is 5.93. The molecule has 3 rings (SSSR count). The molecule has 1 amide bonds.